The van der Waals surface area contributed by atoms with Crippen LogP contribution in [-0.2, 0) is 0 Å². The summed E-state index contributed by atoms with van der Waals surface area (Å²) in [6.45, 7) is 4.29. The number of rotatable bonds is 3. The Morgan fingerprint density at radius 3 is 2.44 bits per heavy atom. The van der Waals surface area contributed by atoms with Crippen molar-refractivity contribution in [2.24, 2.45) is 5.41 Å². The van der Waals surface area contributed by atoms with Crippen LogP contribution in [0.2, 0.25) is 0 Å². The summed E-state index contributed by atoms with van der Waals surface area (Å²) in [5.74, 6) is 0. The van der Waals surface area contributed by atoms with Crippen LogP contribution in [0.25, 0.3) is 0 Å². The highest BCUT2D eigenvalue weighted by Crippen LogP contribution is 2.49. The largest absolute Gasteiger partial charge is 0.393 e. The molecule has 0 aromatic heterocycles. The molecule has 9 heavy (non-hydrogen) atoms. The molecular weight excluding hydrogens is 112 g/mol. The maximum atomic E-state index is 9.45. The van der Waals surface area contributed by atoms with Gasteiger partial charge in [0.2, 0.25) is 0 Å². The van der Waals surface area contributed by atoms with Crippen LogP contribution in [0, 0.1) is 5.41 Å². The van der Waals surface area contributed by atoms with Crippen LogP contribution in [0.4, 0.5) is 0 Å². The van der Waals surface area contributed by atoms with Gasteiger partial charge in [0, 0.05) is 0 Å². The zero-order valence-electron chi connectivity index (χ0n) is 6.35. The van der Waals surface area contributed by atoms with Crippen molar-refractivity contribution in [3.05, 3.63) is 0 Å². The van der Waals surface area contributed by atoms with Crippen molar-refractivity contribution in [3.63, 3.8) is 0 Å². The summed E-state index contributed by atoms with van der Waals surface area (Å²) in [6, 6.07) is 0. The van der Waals surface area contributed by atoms with E-state index in [9.17, 15) is 5.11 Å². The van der Waals surface area contributed by atoms with E-state index in [1.54, 1.807) is 0 Å². The fourth-order valence-corrected chi connectivity index (χ4v) is 1.15. The molecule has 1 saturated carbocycles. The van der Waals surface area contributed by atoms with E-state index in [0.717, 1.165) is 12.8 Å². The van der Waals surface area contributed by atoms with Gasteiger partial charge in [-0.05, 0) is 24.7 Å². The number of hydrogen-bond acceptors (Lipinski definition) is 1. The lowest BCUT2D eigenvalue weighted by atomic mass is 9.98. The van der Waals surface area contributed by atoms with E-state index in [1.807, 2.05) is 0 Å². The van der Waals surface area contributed by atoms with E-state index < -0.39 is 0 Å². The molecule has 0 heterocycles. The van der Waals surface area contributed by atoms with Crippen molar-refractivity contribution in [1.82, 2.24) is 0 Å². The Bertz CT molecular complexity index is 94.7. The van der Waals surface area contributed by atoms with Crippen molar-refractivity contribution in [1.29, 1.82) is 0 Å². The minimum Gasteiger partial charge on any atom is -0.393 e. The molecule has 1 atom stereocenters. The first-order chi connectivity index (χ1) is 4.19. The molecule has 1 nitrogen and oxygen atoms in total. The average molecular weight is 128 g/mol. The Kier molecular flexibility index (Phi) is 1.80. The molecular formula is C8H16O. The Labute approximate surface area is 57.1 Å². The molecule has 0 radical (unpaired) electrons. The van der Waals surface area contributed by atoms with Gasteiger partial charge < -0.3 is 5.11 Å². The van der Waals surface area contributed by atoms with Gasteiger partial charge in [-0.2, -0.15) is 0 Å². The summed E-state index contributed by atoms with van der Waals surface area (Å²) in [5.41, 5.74) is 0.315. The van der Waals surface area contributed by atoms with E-state index in [1.165, 1.54) is 12.8 Å². The van der Waals surface area contributed by atoms with Gasteiger partial charge in [0.25, 0.3) is 0 Å². The monoisotopic (exact) mass is 128 g/mol. The topological polar surface area (TPSA) is 20.2 Å². The number of aliphatic hydroxyl groups excluding tert-OH is 1. The van der Waals surface area contributed by atoms with Gasteiger partial charge in [0.15, 0.2) is 0 Å². The Morgan fingerprint density at radius 2 is 2.11 bits per heavy atom. The third-order valence-electron chi connectivity index (χ3n) is 2.41. The molecule has 1 rings (SSSR count). The van der Waals surface area contributed by atoms with Crippen molar-refractivity contribution in [2.45, 2.75) is 45.6 Å². The minimum absolute atomic E-state index is 0.0255. The molecule has 0 aromatic rings. The van der Waals surface area contributed by atoms with Gasteiger partial charge in [-0.1, -0.05) is 20.3 Å². The highest BCUT2D eigenvalue weighted by molar-refractivity contribution is 4.94. The molecule has 1 aliphatic rings. The molecule has 0 spiro atoms. The van der Waals surface area contributed by atoms with Crippen LogP contribution in [0.5, 0.6) is 0 Å². The number of aliphatic hydroxyl groups is 1. The Balaban J connectivity index is 2.24. The second-order valence-electron chi connectivity index (χ2n) is 3.46. The fraction of sp³-hybridized carbons (Fsp3) is 1.00. The third kappa shape index (κ3) is 1.45. The maximum absolute atomic E-state index is 9.45. The molecule has 1 fully saturated rings. The molecule has 0 aliphatic heterocycles. The van der Waals surface area contributed by atoms with Gasteiger partial charge in [-0.3, -0.25) is 0 Å². The highest BCUT2D eigenvalue weighted by Gasteiger charge is 2.43. The standard InChI is InChI=1S/C8H16O/c1-3-4-7(9)8(2)5-6-8/h7,9H,3-6H2,1-2H3/t7-/m1/s1. The predicted molar refractivity (Wildman–Crippen MR) is 38.3 cm³/mol. The quantitative estimate of drug-likeness (QED) is 0.616. The predicted octanol–water partition coefficient (Wildman–Crippen LogP) is 1.95. The molecule has 0 bridgehead atoms. The van der Waals surface area contributed by atoms with Crippen LogP contribution < -0.4 is 0 Å². The first kappa shape index (κ1) is 7.07. The summed E-state index contributed by atoms with van der Waals surface area (Å²) >= 11 is 0. The summed E-state index contributed by atoms with van der Waals surface area (Å²) < 4.78 is 0. The fourth-order valence-electron chi connectivity index (χ4n) is 1.15. The van der Waals surface area contributed by atoms with E-state index in [2.05, 4.69) is 13.8 Å². The molecule has 1 aliphatic carbocycles. The van der Waals surface area contributed by atoms with Gasteiger partial charge >= 0.3 is 0 Å². The molecule has 0 saturated heterocycles. The Hall–Kier alpha value is -0.0400. The van der Waals surface area contributed by atoms with Gasteiger partial charge in [-0.15, -0.1) is 0 Å². The van der Waals surface area contributed by atoms with E-state index in [-0.39, 0.29) is 6.10 Å². The van der Waals surface area contributed by atoms with E-state index in [0.29, 0.717) is 5.41 Å². The molecule has 0 aromatic carbocycles. The van der Waals surface area contributed by atoms with Crippen molar-refractivity contribution in [3.8, 4) is 0 Å². The second-order valence-corrected chi connectivity index (χ2v) is 3.46. The maximum Gasteiger partial charge on any atom is 0.0593 e. The first-order valence-corrected chi connectivity index (χ1v) is 3.87. The highest BCUT2D eigenvalue weighted by atomic mass is 16.3. The normalized spacial score (nSPS) is 25.7. The van der Waals surface area contributed by atoms with Gasteiger partial charge in [0.05, 0.1) is 6.10 Å². The molecule has 0 unspecified atom stereocenters. The van der Waals surface area contributed by atoms with Crippen LogP contribution >= 0.6 is 0 Å². The molecule has 54 valence electrons. The minimum atomic E-state index is -0.0255. The summed E-state index contributed by atoms with van der Waals surface area (Å²) in [6.07, 6.45) is 4.53. The number of hydrogen-bond donors (Lipinski definition) is 1. The Morgan fingerprint density at radius 1 is 1.56 bits per heavy atom. The first-order valence-electron chi connectivity index (χ1n) is 3.87. The third-order valence-corrected chi connectivity index (χ3v) is 2.41. The van der Waals surface area contributed by atoms with Crippen LogP contribution in [0.15, 0.2) is 0 Å². The SMILES string of the molecule is CCC[C@@H](O)C1(C)CC1. The van der Waals surface area contributed by atoms with Crippen LogP contribution in [0.1, 0.15) is 39.5 Å². The lowest BCUT2D eigenvalue weighted by Gasteiger charge is -2.15. The van der Waals surface area contributed by atoms with Crippen LogP contribution in [-0.4, -0.2) is 11.2 Å². The zero-order chi connectivity index (χ0) is 6.91. The zero-order valence-corrected chi connectivity index (χ0v) is 6.35. The van der Waals surface area contributed by atoms with Crippen molar-refractivity contribution in [2.75, 3.05) is 0 Å². The lowest BCUT2D eigenvalue weighted by Crippen LogP contribution is -2.17. The second kappa shape index (κ2) is 2.30. The van der Waals surface area contributed by atoms with E-state index >= 15 is 0 Å². The van der Waals surface area contributed by atoms with Gasteiger partial charge in [-0.25, -0.2) is 0 Å². The lowest BCUT2D eigenvalue weighted by molar-refractivity contribution is 0.0935. The van der Waals surface area contributed by atoms with Gasteiger partial charge in [0.1, 0.15) is 0 Å². The summed E-state index contributed by atoms with van der Waals surface area (Å²) in [4.78, 5) is 0. The smallest absolute Gasteiger partial charge is 0.0593 e. The summed E-state index contributed by atoms with van der Waals surface area (Å²) in [5, 5.41) is 9.45. The molecule has 1 N–H and O–H groups in total. The molecule has 1 heteroatoms. The molecule has 0 amide bonds. The van der Waals surface area contributed by atoms with E-state index in [4.69, 9.17) is 0 Å². The average Bonchev–Trinajstić information content (AvgIpc) is 2.50. The van der Waals surface area contributed by atoms with Crippen LogP contribution in [0.3, 0.4) is 0 Å². The summed E-state index contributed by atoms with van der Waals surface area (Å²) in [7, 11) is 0. The van der Waals surface area contributed by atoms with Crippen molar-refractivity contribution < 1.29 is 5.11 Å². The van der Waals surface area contributed by atoms with Crippen molar-refractivity contribution >= 4 is 0 Å².